The molecule has 402 valence electrons. The third-order valence-electron chi connectivity index (χ3n) is 12.6. The van der Waals surface area contributed by atoms with Crippen LogP contribution in [-0.2, 0) is 28.6 Å². The SMILES string of the molecule is CC/C=C\C/C=C\C/C=C\C/C=C\C/C=C\C/C=C\CCCCCCC(=O)OCC(COC(=O)CCCCCCC/C=C\CCCCCCC)OC(=O)CCCCCCCCCCCCCCCCC. The molecule has 0 aromatic carbocycles. The molecule has 1 unspecified atom stereocenters. The summed E-state index contributed by atoms with van der Waals surface area (Å²) >= 11 is 0. The van der Waals surface area contributed by atoms with Gasteiger partial charge in [-0.2, -0.15) is 0 Å². The summed E-state index contributed by atoms with van der Waals surface area (Å²) in [4.78, 5) is 38.2. The minimum atomic E-state index is -0.789. The lowest BCUT2D eigenvalue weighted by Gasteiger charge is -2.18. The van der Waals surface area contributed by atoms with Crippen molar-refractivity contribution in [3.8, 4) is 0 Å². The zero-order valence-corrected chi connectivity index (χ0v) is 46.0. The normalized spacial score (nSPS) is 12.7. The minimum absolute atomic E-state index is 0.0871. The second kappa shape index (κ2) is 58.2. The van der Waals surface area contributed by atoms with Crippen molar-refractivity contribution in [2.45, 2.75) is 290 Å². The first-order valence-electron chi connectivity index (χ1n) is 29.6. The Morgan fingerprint density at radius 2 is 0.557 bits per heavy atom. The minimum Gasteiger partial charge on any atom is -0.462 e. The predicted molar refractivity (Wildman–Crippen MR) is 302 cm³/mol. The van der Waals surface area contributed by atoms with Crippen LogP contribution in [-0.4, -0.2) is 37.2 Å². The number of hydrogen-bond acceptors (Lipinski definition) is 6. The maximum Gasteiger partial charge on any atom is 0.306 e. The van der Waals surface area contributed by atoms with Crippen molar-refractivity contribution in [3.63, 3.8) is 0 Å². The van der Waals surface area contributed by atoms with Gasteiger partial charge < -0.3 is 14.2 Å². The maximum absolute atomic E-state index is 12.9. The van der Waals surface area contributed by atoms with E-state index < -0.39 is 6.10 Å². The molecule has 0 aliphatic heterocycles. The van der Waals surface area contributed by atoms with Gasteiger partial charge in [0.1, 0.15) is 13.2 Å². The molecule has 70 heavy (non-hydrogen) atoms. The van der Waals surface area contributed by atoms with Crippen molar-refractivity contribution in [1.82, 2.24) is 0 Å². The molecule has 0 radical (unpaired) electrons. The number of hydrogen-bond donors (Lipinski definition) is 0. The third kappa shape index (κ3) is 55.5. The number of unbranched alkanes of at least 4 members (excludes halogenated alkanes) is 28. The Labute approximate surface area is 433 Å². The average Bonchev–Trinajstić information content (AvgIpc) is 3.36. The molecule has 0 heterocycles. The number of rotatable bonds is 53. The Morgan fingerprint density at radius 3 is 0.886 bits per heavy atom. The number of allylic oxidation sites excluding steroid dienone is 14. The molecule has 0 aromatic heterocycles. The Kier molecular flexibility index (Phi) is 55.3. The zero-order valence-electron chi connectivity index (χ0n) is 46.0. The summed E-state index contributed by atoms with van der Waals surface area (Å²) in [6.07, 6.45) is 75.7. The van der Waals surface area contributed by atoms with E-state index in [1.807, 2.05) is 0 Å². The smallest absolute Gasteiger partial charge is 0.306 e. The van der Waals surface area contributed by atoms with Crippen LogP contribution in [0.5, 0.6) is 0 Å². The zero-order chi connectivity index (χ0) is 50.7. The molecule has 0 aromatic rings. The molecule has 0 aliphatic carbocycles. The molecule has 0 spiro atoms. The van der Waals surface area contributed by atoms with E-state index in [0.717, 1.165) is 116 Å². The average molecular weight is 976 g/mol. The summed E-state index contributed by atoms with van der Waals surface area (Å²) in [5, 5.41) is 0. The van der Waals surface area contributed by atoms with Crippen LogP contribution in [0.25, 0.3) is 0 Å². The fraction of sp³-hybridized carbons (Fsp3) is 0.734. The fourth-order valence-electron chi connectivity index (χ4n) is 8.21. The van der Waals surface area contributed by atoms with Gasteiger partial charge in [-0.1, -0.05) is 254 Å². The van der Waals surface area contributed by atoms with Crippen LogP contribution in [0.4, 0.5) is 0 Å². The molecule has 0 saturated heterocycles. The van der Waals surface area contributed by atoms with Crippen LogP contribution < -0.4 is 0 Å². The van der Waals surface area contributed by atoms with Gasteiger partial charge in [0.2, 0.25) is 0 Å². The van der Waals surface area contributed by atoms with Crippen molar-refractivity contribution < 1.29 is 28.6 Å². The van der Waals surface area contributed by atoms with Crippen molar-refractivity contribution >= 4 is 17.9 Å². The van der Waals surface area contributed by atoms with Crippen LogP contribution in [0.3, 0.4) is 0 Å². The number of esters is 3. The van der Waals surface area contributed by atoms with Crippen LogP contribution in [0.1, 0.15) is 284 Å². The summed E-state index contributed by atoms with van der Waals surface area (Å²) in [6.45, 7) is 6.51. The highest BCUT2D eigenvalue weighted by atomic mass is 16.6. The lowest BCUT2D eigenvalue weighted by Crippen LogP contribution is -2.30. The Balaban J connectivity index is 4.41. The standard InChI is InChI=1S/C64H110O6/c1-4-7-10-13-16-19-22-25-28-29-30-31-32-33-34-35-37-39-42-45-48-51-54-57-63(66)69-60-61(59-68-62(65)56-53-50-47-44-41-38-27-24-21-18-15-12-9-6-3)70-64(67)58-55-52-49-46-43-40-36-26-23-20-17-14-11-8-5-2/h7,10,16,19,24-25,27-28,30-31,33-34,37,39,61H,4-6,8-9,11-15,17-18,20-23,26,29,32,35-36,38,40-60H2,1-3H3/b10-7-,19-16-,27-24-,28-25-,31-30-,34-33-,39-37-. The van der Waals surface area contributed by atoms with E-state index in [0.29, 0.717) is 19.3 Å². The van der Waals surface area contributed by atoms with Gasteiger partial charge >= 0.3 is 17.9 Å². The molecule has 0 saturated carbocycles. The van der Waals surface area contributed by atoms with Gasteiger partial charge in [0, 0.05) is 19.3 Å². The van der Waals surface area contributed by atoms with Crippen molar-refractivity contribution in [3.05, 3.63) is 85.1 Å². The molecular formula is C64H110O6. The van der Waals surface area contributed by atoms with E-state index in [9.17, 15) is 14.4 Å². The monoisotopic (exact) mass is 975 g/mol. The highest BCUT2D eigenvalue weighted by Gasteiger charge is 2.19. The topological polar surface area (TPSA) is 78.9 Å². The third-order valence-corrected chi connectivity index (χ3v) is 12.6. The molecule has 0 N–H and O–H groups in total. The van der Waals surface area contributed by atoms with E-state index >= 15 is 0 Å². The van der Waals surface area contributed by atoms with Gasteiger partial charge in [-0.25, -0.2) is 0 Å². The van der Waals surface area contributed by atoms with Crippen LogP contribution in [0, 0.1) is 0 Å². The van der Waals surface area contributed by atoms with Crippen molar-refractivity contribution in [2.24, 2.45) is 0 Å². The summed E-state index contributed by atoms with van der Waals surface area (Å²) in [6, 6.07) is 0. The Morgan fingerprint density at radius 1 is 0.300 bits per heavy atom. The van der Waals surface area contributed by atoms with Gasteiger partial charge in [-0.05, 0) is 96.3 Å². The van der Waals surface area contributed by atoms with E-state index in [1.54, 1.807) is 0 Å². The van der Waals surface area contributed by atoms with E-state index in [4.69, 9.17) is 14.2 Å². The van der Waals surface area contributed by atoms with Gasteiger partial charge in [0.05, 0.1) is 0 Å². The quantitative estimate of drug-likeness (QED) is 0.0261. The number of carbonyl (C=O) groups excluding carboxylic acids is 3. The molecule has 0 amide bonds. The highest BCUT2D eigenvalue weighted by Crippen LogP contribution is 2.16. The van der Waals surface area contributed by atoms with Crippen LogP contribution in [0.2, 0.25) is 0 Å². The molecule has 0 fully saturated rings. The first kappa shape index (κ1) is 66.6. The highest BCUT2D eigenvalue weighted by molar-refractivity contribution is 5.71. The molecule has 0 aliphatic rings. The molecule has 0 bridgehead atoms. The second-order valence-electron chi connectivity index (χ2n) is 19.5. The summed E-state index contributed by atoms with van der Waals surface area (Å²) in [5.41, 5.74) is 0. The fourth-order valence-corrected chi connectivity index (χ4v) is 8.21. The molecule has 6 nitrogen and oxygen atoms in total. The van der Waals surface area contributed by atoms with Gasteiger partial charge in [-0.3, -0.25) is 14.4 Å². The largest absolute Gasteiger partial charge is 0.462 e. The van der Waals surface area contributed by atoms with E-state index in [-0.39, 0.29) is 31.1 Å². The summed E-state index contributed by atoms with van der Waals surface area (Å²) in [5.74, 6) is -0.911. The molecule has 0 rings (SSSR count). The van der Waals surface area contributed by atoms with E-state index in [2.05, 4.69) is 106 Å². The lowest BCUT2D eigenvalue weighted by molar-refractivity contribution is -0.167. The summed E-state index contributed by atoms with van der Waals surface area (Å²) in [7, 11) is 0. The predicted octanol–water partition coefficient (Wildman–Crippen LogP) is 19.9. The second-order valence-corrected chi connectivity index (χ2v) is 19.5. The van der Waals surface area contributed by atoms with Gasteiger partial charge in [0.25, 0.3) is 0 Å². The number of ether oxygens (including phenoxy) is 3. The Bertz CT molecular complexity index is 1350. The lowest BCUT2D eigenvalue weighted by atomic mass is 10.0. The van der Waals surface area contributed by atoms with Gasteiger partial charge in [0.15, 0.2) is 6.10 Å². The van der Waals surface area contributed by atoms with E-state index in [1.165, 1.54) is 128 Å². The summed E-state index contributed by atoms with van der Waals surface area (Å²) < 4.78 is 16.9. The van der Waals surface area contributed by atoms with Crippen molar-refractivity contribution in [1.29, 1.82) is 0 Å². The van der Waals surface area contributed by atoms with Crippen LogP contribution >= 0.6 is 0 Å². The number of carbonyl (C=O) groups is 3. The van der Waals surface area contributed by atoms with Crippen LogP contribution in [0.15, 0.2) is 85.1 Å². The molecule has 6 heteroatoms. The molecular weight excluding hydrogens is 865 g/mol. The maximum atomic E-state index is 12.9. The van der Waals surface area contributed by atoms with Crippen molar-refractivity contribution in [2.75, 3.05) is 13.2 Å². The first-order chi connectivity index (χ1) is 34.5. The first-order valence-corrected chi connectivity index (χ1v) is 29.6. The van der Waals surface area contributed by atoms with Gasteiger partial charge in [-0.15, -0.1) is 0 Å². The molecule has 1 atom stereocenters. The Hall–Kier alpha value is -3.41.